The predicted molar refractivity (Wildman–Crippen MR) is 436 cm³/mol. The van der Waals surface area contributed by atoms with E-state index in [1.54, 1.807) is 13.8 Å². The van der Waals surface area contributed by atoms with Crippen molar-refractivity contribution >= 4 is 94.2 Å². The Bertz CT molecular complexity index is 5180. The van der Waals surface area contributed by atoms with Gasteiger partial charge in [0.05, 0.1) is 53.9 Å². The Hall–Kier alpha value is -12.1. The number of carbonyl (C=O) groups excluding carboxylic acids is 11. The summed E-state index contributed by atoms with van der Waals surface area (Å²) >= 11 is 14.4. The van der Waals surface area contributed by atoms with Crippen LogP contribution in [0.3, 0.4) is 0 Å². The van der Waals surface area contributed by atoms with Crippen LogP contribution in [0.1, 0.15) is 124 Å². The van der Waals surface area contributed by atoms with E-state index in [1.807, 2.05) is 5.32 Å². The van der Waals surface area contributed by atoms with Crippen LogP contribution in [-0.2, 0) is 78.2 Å². The molecule has 7 heterocycles. The standard InChI is InChI=1S/C82H95Cl2N13O29/c1-31(2)18-46(88-5)74(114)95-63-65(107)35-9-15-50(42(83)21-35)122-52-23-37-24-53(70(52)126-81-68(110)67(109)66(108)54(30-98)124-81)123-51-16-10-36(22-43(51)84)69(125-58-28-82(4,87)71(111)32(3)121-58)64-80(120)94-62(78(118)97-73(113)45(13-17-57(105)106)90-56(104)29-89-72(112)44(85)19-33-6-11-38(99)12-7-33)41-25-39(100)26-49(102)59(41)40-20-34(8-14-48(40)101)60(76(116)96-64)93-77(117)61(37)92-75(115)47(27-55(86)103)91-79(63)119/h6-12,14-16,20-26,31-32,44-47,54,58,60-69,71,81,88,98-102,107-111H,13,17-19,27-30,85,87H2,1-5H3,(H2,86,103)(H,89,112)(H,90,104)(H,91,119)(H,92,115)(H,93,117)(H,94,120)(H,95,114)(H,96,116)(H,105,106)(H,97,113,118)/t32-,44-,45-,46+,47-,54+,58-,60+,61+,62+,63+,64?,65+,66+,67-,68+,69+,71-,81-,82-/m0/s1. The van der Waals surface area contributed by atoms with Crippen LogP contribution in [-0.4, -0.2) is 238 Å². The minimum Gasteiger partial charge on any atom is -0.508 e. The fraction of sp³-hybridized carbons (Fsp3) is 0.415. The van der Waals surface area contributed by atoms with E-state index in [0.29, 0.717) is 11.6 Å². The number of ether oxygens (including phenoxy) is 6. The molecule has 11 bridgehead atoms. The Kier molecular flexibility index (Phi) is 30.0. The van der Waals surface area contributed by atoms with Crippen molar-refractivity contribution in [3.63, 3.8) is 0 Å². The van der Waals surface area contributed by atoms with Gasteiger partial charge in [0.2, 0.25) is 71.1 Å². The number of carboxylic acid groups (broad SMARTS) is 1. The summed E-state index contributed by atoms with van der Waals surface area (Å²) in [5.74, 6) is -22.3. The number of phenolic OH excluding ortho intramolecular Hbond substituents is 4. The molecule has 11 amide bonds. The number of rotatable bonds is 23. The van der Waals surface area contributed by atoms with Crippen LogP contribution in [0.2, 0.25) is 10.0 Å². The van der Waals surface area contributed by atoms with Crippen molar-refractivity contribution in [2.45, 2.75) is 188 Å². The minimum absolute atomic E-state index is 0.0747. The molecule has 7 aliphatic rings. The predicted octanol–water partition coefficient (Wildman–Crippen LogP) is -1.59. The third kappa shape index (κ3) is 22.0. The van der Waals surface area contributed by atoms with Gasteiger partial charge in [-0.05, 0) is 146 Å². The van der Waals surface area contributed by atoms with Crippen molar-refractivity contribution < 1.29 is 142 Å². The molecule has 0 aliphatic carbocycles. The molecule has 676 valence electrons. The first-order valence-electron chi connectivity index (χ1n) is 39.4. The van der Waals surface area contributed by atoms with Gasteiger partial charge in [-0.3, -0.25) is 62.9 Å². The molecule has 6 aromatic carbocycles. The molecule has 44 heteroatoms. The average molecular weight is 1800 g/mol. The van der Waals surface area contributed by atoms with Crippen LogP contribution < -0.4 is 84.6 Å². The van der Waals surface area contributed by atoms with E-state index < -0.39 is 315 Å². The van der Waals surface area contributed by atoms with Crippen LogP contribution in [0.4, 0.5) is 0 Å². The topological polar surface area (TPSA) is 681 Å². The Balaban J connectivity index is 1.12. The molecule has 0 aromatic heterocycles. The highest BCUT2D eigenvalue weighted by Gasteiger charge is 2.50. The minimum atomic E-state index is -2.52. The molecule has 2 saturated heterocycles. The van der Waals surface area contributed by atoms with Crippen molar-refractivity contribution in [1.29, 1.82) is 0 Å². The molecule has 7 aliphatic heterocycles. The molecule has 6 aromatic rings. The molecule has 0 radical (unpaired) electrons. The van der Waals surface area contributed by atoms with Gasteiger partial charge in [-0.2, -0.15) is 0 Å². The lowest BCUT2D eigenvalue weighted by atomic mass is 9.86. The summed E-state index contributed by atoms with van der Waals surface area (Å²) in [6.45, 7) is 4.50. The first-order valence-corrected chi connectivity index (χ1v) is 40.2. The van der Waals surface area contributed by atoms with Crippen molar-refractivity contribution in [1.82, 2.24) is 53.2 Å². The molecular formula is C82H95Cl2N13O29. The number of halogens is 2. The summed E-state index contributed by atoms with van der Waals surface area (Å²) in [5, 5.41) is 147. The summed E-state index contributed by atoms with van der Waals surface area (Å²) in [7, 11) is 1.45. The highest BCUT2D eigenvalue weighted by molar-refractivity contribution is 6.32. The molecule has 0 spiro atoms. The number of carboxylic acids is 1. The normalized spacial score (nSPS) is 26.2. The van der Waals surface area contributed by atoms with Gasteiger partial charge in [0.25, 0.3) is 5.91 Å². The van der Waals surface area contributed by atoms with Gasteiger partial charge in [0.15, 0.2) is 17.8 Å². The number of fused-ring (bicyclic) bond motifs is 15. The van der Waals surface area contributed by atoms with Crippen molar-refractivity contribution in [2.24, 2.45) is 23.1 Å². The highest BCUT2D eigenvalue weighted by atomic mass is 35.5. The molecule has 126 heavy (non-hydrogen) atoms. The van der Waals surface area contributed by atoms with E-state index in [1.165, 1.54) is 57.3 Å². The number of carbonyl (C=O) groups is 12. The SMILES string of the molecule is CN[C@H](CC(C)C)C(=O)N[C@H]1C(=O)N[C@@H](CC(N)=O)C(=O)N[C@H]2C(=O)N[C@H]3C(=O)NC(C(=O)N[C@@H](C(=O)NC(=O)[C@H](CCC(=O)O)NC(=O)CNC(=O)[C@@H](N)Cc4ccc(O)cc4)c4cc(O)cc(O)c4-c4cc3ccc4O)[C@H](O[C@H]3C[C@](C)(N)[C@@H](O)[C@H](C)O3)c3ccc(c(Cl)c3)Oc3cc2cc(c3O[C@@H]2O[C@H](CO)[C@@H](O)[C@H](O)[C@H]2O)Oc2ccc(cc2Cl)[C@H]1O. The van der Waals surface area contributed by atoms with Crippen LogP contribution in [0.5, 0.6) is 51.7 Å². The first-order chi connectivity index (χ1) is 59.5. The second kappa shape index (κ2) is 40.0. The van der Waals surface area contributed by atoms with Crippen LogP contribution in [0.25, 0.3) is 11.1 Å². The molecule has 27 N–H and O–H groups in total. The smallest absolute Gasteiger partial charge is 0.303 e. The Morgan fingerprint density at radius 3 is 1.91 bits per heavy atom. The zero-order valence-electron chi connectivity index (χ0n) is 67.8. The van der Waals surface area contributed by atoms with Crippen LogP contribution in [0, 0.1) is 5.92 Å². The number of aromatic hydroxyl groups is 4. The third-order valence-electron chi connectivity index (χ3n) is 21.5. The van der Waals surface area contributed by atoms with Gasteiger partial charge in [0.1, 0.15) is 113 Å². The maximum atomic E-state index is 16.4. The van der Waals surface area contributed by atoms with Crippen molar-refractivity contribution in [3.8, 4) is 62.9 Å². The van der Waals surface area contributed by atoms with Crippen LogP contribution >= 0.6 is 23.2 Å². The number of likely N-dealkylation sites (N-methyl/N-ethyl adjacent to an activating group) is 1. The number of aliphatic carboxylic acids is 1. The second-order valence-corrected chi connectivity index (χ2v) is 32.3. The number of hydrogen-bond acceptors (Lipinski definition) is 31. The van der Waals surface area contributed by atoms with E-state index >= 15 is 28.8 Å². The van der Waals surface area contributed by atoms with Crippen molar-refractivity contribution in [3.05, 3.63) is 147 Å². The molecular weight excluding hydrogens is 1700 g/mol. The van der Waals surface area contributed by atoms with Crippen molar-refractivity contribution in [2.75, 3.05) is 20.2 Å². The fourth-order valence-corrected chi connectivity index (χ4v) is 15.3. The summed E-state index contributed by atoms with van der Waals surface area (Å²) in [6, 6.07) is 0.287. The lowest BCUT2D eigenvalue weighted by Crippen LogP contribution is -2.61. The largest absolute Gasteiger partial charge is 0.508 e. The zero-order chi connectivity index (χ0) is 91.9. The van der Waals surface area contributed by atoms with Gasteiger partial charge >= 0.3 is 5.97 Å². The number of aliphatic hydroxyl groups excluding tert-OH is 6. The Labute approximate surface area is 726 Å². The molecule has 1 unspecified atom stereocenters. The zero-order valence-corrected chi connectivity index (χ0v) is 69.3. The number of phenols is 4. The summed E-state index contributed by atoms with van der Waals surface area (Å²) in [4.78, 5) is 177. The number of nitrogens with one attached hydrogen (secondary N) is 10. The van der Waals surface area contributed by atoms with E-state index in [0.717, 1.165) is 60.7 Å². The van der Waals surface area contributed by atoms with Gasteiger partial charge in [-0.15, -0.1) is 0 Å². The number of primary amides is 1. The molecule has 2 fully saturated rings. The summed E-state index contributed by atoms with van der Waals surface area (Å²) in [6.07, 6.45) is -21.9. The number of benzene rings is 6. The van der Waals surface area contributed by atoms with Crippen LogP contribution in [0.15, 0.2) is 103 Å². The molecule has 42 nitrogen and oxygen atoms in total. The maximum Gasteiger partial charge on any atom is 0.303 e. The summed E-state index contributed by atoms with van der Waals surface area (Å²) < 4.78 is 38.3. The molecule has 13 rings (SSSR count). The maximum absolute atomic E-state index is 16.4. The highest BCUT2D eigenvalue weighted by Crippen LogP contribution is 2.50. The summed E-state index contributed by atoms with van der Waals surface area (Å²) in [5.41, 5.74) is 13.9. The molecule has 0 saturated carbocycles. The third-order valence-corrected chi connectivity index (χ3v) is 22.1. The number of aliphatic hydroxyl groups is 6. The number of nitrogens with two attached hydrogens (primary N) is 3. The Morgan fingerprint density at radius 2 is 1.29 bits per heavy atom. The second-order valence-electron chi connectivity index (χ2n) is 31.5. The van der Waals surface area contributed by atoms with E-state index in [4.69, 9.17) is 68.8 Å². The monoisotopic (exact) mass is 1800 g/mol. The quantitative estimate of drug-likeness (QED) is 0.0344. The van der Waals surface area contributed by atoms with E-state index in [-0.39, 0.29) is 35.6 Å². The Morgan fingerprint density at radius 1 is 0.667 bits per heavy atom. The van der Waals surface area contributed by atoms with E-state index in [2.05, 4.69) is 47.9 Å². The van der Waals surface area contributed by atoms with Gasteiger partial charge < -0.3 is 150 Å². The molecule has 20 atom stereocenters. The van der Waals surface area contributed by atoms with Gasteiger partial charge in [0, 0.05) is 35.6 Å². The average Bonchev–Trinajstić information content (AvgIpc) is 0.759. The van der Waals surface area contributed by atoms with Gasteiger partial charge in [-0.1, -0.05) is 67.4 Å². The number of imide groups is 1. The number of amides is 11. The van der Waals surface area contributed by atoms with Gasteiger partial charge in [-0.25, -0.2) is 0 Å². The van der Waals surface area contributed by atoms with E-state index in [9.17, 15) is 84.9 Å². The lowest BCUT2D eigenvalue weighted by Gasteiger charge is -2.44. The fourth-order valence-electron chi connectivity index (χ4n) is 14.8. The lowest BCUT2D eigenvalue weighted by molar-refractivity contribution is -0.277. The number of hydrogen-bond donors (Lipinski definition) is 24. The first kappa shape index (κ1) is 94.5.